The molecule has 2 aromatic rings. The minimum Gasteiger partial charge on any atom is -0.299 e. The highest BCUT2D eigenvalue weighted by atomic mass is 32.1. The summed E-state index contributed by atoms with van der Waals surface area (Å²) in [4.78, 5) is 12.1. The average molecular weight is 246 g/mol. The van der Waals surface area contributed by atoms with E-state index in [-0.39, 0.29) is 5.92 Å². The molecule has 0 aliphatic heterocycles. The highest BCUT2D eigenvalue weighted by Gasteiger charge is 2.16. The molecule has 0 atom stereocenters. The zero-order valence-electron chi connectivity index (χ0n) is 10.4. The Bertz CT molecular complexity index is 508. The molecule has 2 heteroatoms. The van der Waals surface area contributed by atoms with E-state index < -0.39 is 0 Å². The molecule has 0 N–H and O–H groups in total. The lowest BCUT2D eigenvalue weighted by atomic mass is 9.93. The van der Waals surface area contributed by atoms with Crippen LogP contribution in [0.2, 0.25) is 0 Å². The van der Waals surface area contributed by atoms with Gasteiger partial charge in [-0.05, 0) is 35.2 Å². The molecule has 0 spiro atoms. The fraction of sp³-hybridized carbons (Fsp3) is 0.400. The van der Waals surface area contributed by atoms with Crippen molar-refractivity contribution in [3.05, 3.63) is 35.2 Å². The van der Waals surface area contributed by atoms with Gasteiger partial charge in [0.25, 0.3) is 0 Å². The lowest BCUT2D eigenvalue weighted by Gasteiger charge is -2.10. The van der Waals surface area contributed by atoms with Gasteiger partial charge >= 0.3 is 0 Å². The number of hydrogen-bond acceptors (Lipinski definition) is 2. The van der Waals surface area contributed by atoms with Crippen LogP contribution in [-0.4, -0.2) is 5.78 Å². The number of carbonyl (C=O) groups is 1. The van der Waals surface area contributed by atoms with Crippen molar-refractivity contribution in [2.45, 2.75) is 33.1 Å². The molecule has 0 bridgehead atoms. The van der Waals surface area contributed by atoms with Gasteiger partial charge in [-0.25, -0.2) is 0 Å². The van der Waals surface area contributed by atoms with Crippen LogP contribution in [0.25, 0.3) is 10.1 Å². The van der Waals surface area contributed by atoms with E-state index in [9.17, 15) is 4.79 Å². The zero-order chi connectivity index (χ0) is 12.3. The lowest BCUT2D eigenvalue weighted by Crippen LogP contribution is -2.14. The van der Waals surface area contributed by atoms with Gasteiger partial charge in [0, 0.05) is 17.0 Å². The van der Waals surface area contributed by atoms with Crippen LogP contribution in [0.3, 0.4) is 0 Å². The molecular formula is C15H18OS. The summed E-state index contributed by atoms with van der Waals surface area (Å²) in [7, 11) is 0. The number of rotatable bonds is 5. The Labute approximate surface area is 106 Å². The Balaban J connectivity index is 2.21. The summed E-state index contributed by atoms with van der Waals surface area (Å²) in [5, 5.41) is 3.38. The van der Waals surface area contributed by atoms with Crippen LogP contribution in [0.15, 0.2) is 29.6 Å². The first-order valence-corrected chi connectivity index (χ1v) is 7.12. The van der Waals surface area contributed by atoms with Gasteiger partial charge in [-0.15, -0.1) is 11.3 Å². The molecule has 17 heavy (non-hydrogen) atoms. The molecule has 0 saturated carbocycles. The third-order valence-electron chi connectivity index (χ3n) is 3.37. The van der Waals surface area contributed by atoms with Gasteiger partial charge in [0.2, 0.25) is 0 Å². The van der Waals surface area contributed by atoms with Gasteiger partial charge in [-0.1, -0.05) is 32.0 Å². The highest BCUT2D eigenvalue weighted by molar-refractivity contribution is 7.17. The van der Waals surface area contributed by atoms with Crippen LogP contribution in [-0.2, 0) is 11.2 Å². The highest BCUT2D eigenvalue weighted by Crippen LogP contribution is 2.27. The average Bonchev–Trinajstić information content (AvgIpc) is 2.74. The molecule has 1 heterocycles. The predicted molar refractivity (Wildman–Crippen MR) is 74.6 cm³/mol. The summed E-state index contributed by atoms with van der Waals surface area (Å²) in [6, 6.07) is 8.32. The Morgan fingerprint density at radius 1 is 1.24 bits per heavy atom. The van der Waals surface area contributed by atoms with Crippen molar-refractivity contribution < 1.29 is 4.79 Å². The Hall–Kier alpha value is -1.15. The Kier molecular flexibility index (Phi) is 3.95. The Morgan fingerprint density at radius 2 is 1.94 bits per heavy atom. The first-order valence-electron chi connectivity index (χ1n) is 6.24. The van der Waals surface area contributed by atoms with Crippen LogP contribution >= 0.6 is 11.3 Å². The molecule has 2 rings (SSSR count). The van der Waals surface area contributed by atoms with Crippen molar-refractivity contribution in [1.29, 1.82) is 0 Å². The molecule has 0 aliphatic carbocycles. The lowest BCUT2D eigenvalue weighted by molar-refractivity contribution is -0.122. The van der Waals surface area contributed by atoms with Crippen molar-refractivity contribution in [1.82, 2.24) is 0 Å². The predicted octanol–water partition coefficient (Wildman–Crippen LogP) is 4.45. The second kappa shape index (κ2) is 5.46. The first kappa shape index (κ1) is 12.3. The Morgan fingerprint density at radius 3 is 2.65 bits per heavy atom. The molecule has 1 nitrogen and oxygen atoms in total. The summed E-state index contributed by atoms with van der Waals surface area (Å²) in [5.41, 5.74) is 1.20. The van der Waals surface area contributed by atoms with E-state index >= 15 is 0 Å². The molecule has 0 saturated heterocycles. The molecule has 0 aliphatic rings. The summed E-state index contributed by atoms with van der Waals surface area (Å²) in [6.45, 7) is 4.19. The number of carbonyl (C=O) groups excluding carboxylic acids is 1. The van der Waals surface area contributed by atoms with E-state index in [1.54, 1.807) is 11.3 Å². The van der Waals surface area contributed by atoms with Crippen LogP contribution in [0.5, 0.6) is 0 Å². The smallest absolute Gasteiger partial charge is 0.140 e. The molecule has 1 aromatic heterocycles. The third kappa shape index (κ3) is 2.58. The van der Waals surface area contributed by atoms with Crippen LogP contribution in [0, 0.1) is 5.92 Å². The van der Waals surface area contributed by atoms with Gasteiger partial charge in [0.15, 0.2) is 0 Å². The second-order valence-corrected chi connectivity index (χ2v) is 5.32. The van der Waals surface area contributed by atoms with Crippen LogP contribution in [0.1, 0.15) is 32.3 Å². The van der Waals surface area contributed by atoms with Gasteiger partial charge in [0.05, 0.1) is 0 Å². The summed E-state index contributed by atoms with van der Waals surface area (Å²) in [5.74, 6) is 0.618. The number of ketones is 1. The quantitative estimate of drug-likeness (QED) is 0.761. The van der Waals surface area contributed by atoms with Crippen molar-refractivity contribution in [2.75, 3.05) is 0 Å². The van der Waals surface area contributed by atoms with E-state index in [1.165, 1.54) is 15.6 Å². The molecule has 90 valence electrons. The first-order chi connectivity index (χ1) is 8.26. The van der Waals surface area contributed by atoms with Gasteiger partial charge in [0.1, 0.15) is 5.78 Å². The molecular weight excluding hydrogens is 228 g/mol. The number of hydrogen-bond donors (Lipinski definition) is 0. The number of fused-ring (bicyclic) bond motifs is 1. The van der Waals surface area contributed by atoms with Gasteiger partial charge < -0.3 is 0 Å². The van der Waals surface area contributed by atoms with Gasteiger partial charge in [-0.2, -0.15) is 0 Å². The normalized spacial score (nSPS) is 11.2. The number of thiophene rings is 1. The van der Waals surface area contributed by atoms with Crippen LogP contribution < -0.4 is 0 Å². The molecule has 0 fully saturated rings. The standard InChI is InChI=1S/C15H18OS/c1-3-11(4-2)14(16)9-12-10-17-15-8-6-5-7-13(12)15/h5-8,10-11H,3-4,9H2,1-2H3. The maximum atomic E-state index is 12.1. The van der Waals surface area contributed by atoms with E-state index in [2.05, 4.69) is 31.4 Å². The second-order valence-electron chi connectivity index (χ2n) is 4.41. The summed E-state index contributed by atoms with van der Waals surface area (Å²) >= 11 is 1.73. The van der Waals surface area contributed by atoms with Crippen LogP contribution in [0.4, 0.5) is 0 Å². The minimum absolute atomic E-state index is 0.230. The minimum atomic E-state index is 0.230. The maximum absolute atomic E-state index is 12.1. The van der Waals surface area contributed by atoms with E-state index in [1.807, 2.05) is 12.1 Å². The molecule has 0 amide bonds. The van der Waals surface area contributed by atoms with Crippen molar-refractivity contribution in [2.24, 2.45) is 5.92 Å². The van der Waals surface area contributed by atoms with Crippen molar-refractivity contribution >= 4 is 27.2 Å². The topological polar surface area (TPSA) is 17.1 Å². The zero-order valence-corrected chi connectivity index (χ0v) is 11.2. The van der Waals surface area contributed by atoms with Gasteiger partial charge in [-0.3, -0.25) is 4.79 Å². The van der Waals surface area contributed by atoms with E-state index in [0.29, 0.717) is 12.2 Å². The monoisotopic (exact) mass is 246 g/mol. The van der Waals surface area contributed by atoms with Crippen molar-refractivity contribution in [3.63, 3.8) is 0 Å². The summed E-state index contributed by atoms with van der Waals surface area (Å²) in [6.07, 6.45) is 2.51. The molecule has 0 unspecified atom stereocenters. The van der Waals surface area contributed by atoms with E-state index in [0.717, 1.165) is 12.8 Å². The molecule has 0 radical (unpaired) electrons. The SMILES string of the molecule is CCC(CC)C(=O)Cc1csc2ccccc12. The van der Waals surface area contributed by atoms with Crippen molar-refractivity contribution in [3.8, 4) is 0 Å². The third-order valence-corrected chi connectivity index (χ3v) is 4.38. The summed E-state index contributed by atoms with van der Waals surface area (Å²) < 4.78 is 1.28. The fourth-order valence-corrected chi connectivity index (χ4v) is 3.21. The van der Waals surface area contributed by atoms with E-state index in [4.69, 9.17) is 0 Å². The molecule has 1 aromatic carbocycles. The fourth-order valence-electron chi connectivity index (χ4n) is 2.25. The maximum Gasteiger partial charge on any atom is 0.140 e. The largest absolute Gasteiger partial charge is 0.299 e. The number of benzene rings is 1. The number of Topliss-reactive ketones (excluding diaryl/α,β-unsaturated/α-hetero) is 1.